The smallest absolute Gasteiger partial charge is 0.266 e. The summed E-state index contributed by atoms with van der Waals surface area (Å²) in [4.78, 5) is 18.2. The van der Waals surface area contributed by atoms with Gasteiger partial charge in [0.25, 0.3) is 5.91 Å². The summed E-state index contributed by atoms with van der Waals surface area (Å²) >= 11 is 0. The SMILES string of the molecule is Cc1ccc(N/C=C(/C#N)C(=O)N2CC(C)OC(C)C2)cn1. The fraction of sp³-hybridized carbons (Fsp3) is 0.438. The van der Waals surface area contributed by atoms with Crippen LogP contribution in [0.5, 0.6) is 0 Å². The van der Waals surface area contributed by atoms with Gasteiger partial charge in [0.05, 0.1) is 24.1 Å². The van der Waals surface area contributed by atoms with Crippen molar-refractivity contribution in [2.24, 2.45) is 0 Å². The van der Waals surface area contributed by atoms with Gasteiger partial charge in [-0.05, 0) is 32.9 Å². The molecule has 1 aromatic rings. The van der Waals surface area contributed by atoms with Crippen molar-refractivity contribution in [1.82, 2.24) is 9.88 Å². The van der Waals surface area contributed by atoms with Crippen LogP contribution in [0.3, 0.4) is 0 Å². The molecule has 6 nitrogen and oxygen atoms in total. The molecular formula is C16H20N4O2. The molecule has 0 saturated carbocycles. The Hall–Kier alpha value is -2.39. The molecule has 1 aliphatic heterocycles. The topological polar surface area (TPSA) is 78.2 Å². The Balaban J connectivity index is 2.06. The van der Waals surface area contributed by atoms with E-state index in [1.54, 1.807) is 11.1 Å². The van der Waals surface area contributed by atoms with E-state index in [0.717, 1.165) is 11.4 Å². The molecule has 0 radical (unpaired) electrons. The molecular weight excluding hydrogens is 280 g/mol. The number of carbonyl (C=O) groups is 1. The van der Waals surface area contributed by atoms with Crippen LogP contribution < -0.4 is 5.32 Å². The second kappa shape index (κ2) is 7.05. The molecule has 0 aromatic carbocycles. The van der Waals surface area contributed by atoms with E-state index < -0.39 is 0 Å². The Morgan fingerprint density at radius 3 is 2.68 bits per heavy atom. The summed E-state index contributed by atoms with van der Waals surface area (Å²) in [5.74, 6) is -0.280. The van der Waals surface area contributed by atoms with Crippen molar-refractivity contribution in [2.75, 3.05) is 18.4 Å². The van der Waals surface area contributed by atoms with Crippen molar-refractivity contribution < 1.29 is 9.53 Å². The fourth-order valence-electron chi connectivity index (χ4n) is 2.36. The van der Waals surface area contributed by atoms with Crippen molar-refractivity contribution >= 4 is 11.6 Å². The molecule has 1 saturated heterocycles. The maximum absolute atomic E-state index is 12.4. The monoisotopic (exact) mass is 300 g/mol. The van der Waals surface area contributed by atoms with Crippen molar-refractivity contribution in [3.63, 3.8) is 0 Å². The predicted octanol–water partition coefficient (Wildman–Crippen LogP) is 1.85. The fourth-order valence-corrected chi connectivity index (χ4v) is 2.36. The van der Waals surface area contributed by atoms with Crippen LogP contribution in [-0.2, 0) is 9.53 Å². The number of aromatic nitrogens is 1. The number of nitrogens with one attached hydrogen (secondary N) is 1. The first-order chi connectivity index (χ1) is 10.5. The molecule has 1 fully saturated rings. The van der Waals surface area contributed by atoms with E-state index in [-0.39, 0.29) is 23.7 Å². The summed E-state index contributed by atoms with van der Waals surface area (Å²) in [5.41, 5.74) is 1.71. The van der Waals surface area contributed by atoms with Crippen LogP contribution in [0.15, 0.2) is 30.1 Å². The summed E-state index contributed by atoms with van der Waals surface area (Å²) < 4.78 is 5.60. The number of hydrogen-bond acceptors (Lipinski definition) is 5. The van der Waals surface area contributed by atoms with E-state index in [2.05, 4.69) is 10.3 Å². The normalized spacial score (nSPS) is 22.1. The van der Waals surface area contributed by atoms with Crippen LogP contribution in [0, 0.1) is 18.3 Å². The molecule has 2 heterocycles. The van der Waals surface area contributed by atoms with Crippen LogP contribution in [-0.4, -0.2) is 41.1 Å². The van der Waals surface area contributed by atoms with Crippen molar-refractivity contribution in [2.45, 2.75) is 33.0 Å². The molecule has 1 N–H and O–H groups in total. The minimum atomic E-state index is -0.280. The number of rotatable bonds is 3. The highest BCUT2D eigenvalue weighted by molar-refractivity contribution is 5.97. The number of aryl methyl sites for hydroxylation is 1. The van der Waals surface area contributed by atoms with Gasteiger partial charge in [0.15, 0.2) is 0 Å². The lowest BCUT2D eigenvalue weighted by Crippen LogP contribution is -2.48. The molecule has 22 heavy (non-hydrogen) atoms. The van der Waals surface area contributed by atoms with Crippen molar-refractivity contribution in [1.29, 1.82) is 5.26 Å². The number of ether oxygens (including phenoxy) is 1. The average molecular weight is 300 g/mol. The molecule has 0 aliphatic carbocycles. The lowest BCUT2D eigenvalue weighted by Gasteiger charge is -2.35. The Kier molecular flexibility index (Phi) is 5.12. The Morgan fingerprint density at radius 2 is 2.14 bits per heavy atom. The summed E-state index contributed by atoms with van der Waals surface area (Å²) in [5, 5.41) is 12.2. The van der Waals surface area contributed by atoms with Gasteiger partial charge in [0.2, 0.25) is 0 Å². The number of pyridine rings is 1. The van der Waals surface area contributed by atoms with E-state index in [4.69, 9.17) is 4.74 Å². The maximum atomic E-state index is 12.4. The quantitative estimate of drug-likeness (QED) is 0.681. The van der Waals surface area contributed by atoms with E-state index in [0.29, 0.717) is 13.1 Å². The maximum Gasteiger partial charge on any atom is 0.266 e. The van der Waals surface area contributed by atoms with Crippen LogP contribution in [0.4, 0.5) is 5.69 Å². The second-order valence-corrected chi connectivity index (χ2v) is 5.47. The largest absolute Gasteiger partial charge is 0.372 e. The lowest BCUT2D eigenvalue weighted by molar-refractivity contribution is -0.138. The van der Waals surface area contributed by atoms with E-state index >= 15 is 0 Å². The summed E-state index contributed by atoms with van der Waals surface area (Å²) in [7, 11) is 0. The molecule has 6 heteroatoms. The van der Waals surface area contributed by atoms with Gasteiger partial charge in [-0.15, -0.1) is 0 Å². The number of nitriles is 1. The number of amides is 1. The zero-order valence-electron chi connectivity index (χ0n) is 13.0. The van der Waals surface area contributed by atoms with Crippen LogP contribution in [0.2, 0.25) is 0 Å². The Bertz CT molecular complexity index is 594. The number of hydrogen-bond donors (Lipinski definition) is 1. The second-order valence-electron chi connectivity index (χ2n) is 5.47. The summed E-state index contributed by atoms with van der Waals surface area (Å²) in [6.07, 6.45) is 3.03. The first-order valence-electron chi connectivity index (χ1n) is 7.23. The predicted molar refractivity (Wildman–Crippen MR) is 82.9 cm³/mol. The van der Waals surface area contributed by atoms with Crippen LogP contribution in [0.25, 0.3) is 0 Å². The minimum absolute atomic E-state index is 0.0260. The van der Waals surface area contributed by atoms with Gasteiger partial charge < -0.3 is 15.0 Å². The number of anilines is 1. The highest BCUT2D eigenvalue weighted by atomic mass is 16.5. The number of carbonyl (C=O) groups excluding carboxylic acids is 1. The average Bonchev–Trinajstić information content (AvgIpc) is 2.48. The van der Waals surface area contributed by atoms with Crippen molar-refractivity contribution in [3.05, 3.63) is 35.8 Å². The highest BCUT2D eigenvalue weighted by Gasteiger charge is 2.27. The molecule has 2 rings (SSSR count). The zero-order chi connectivity index (χ0) is 16.1. The van der Waals surface area contributed by atoms with Crippen LogP contribution in [0.1, 0.15) is 19.5 Å². The molecule has 0 bridgehead atoms. The first kappa shape index (κ1) is 16.0. The Labute approximate surface area is 130 Å². The number of morpholine rings is 1. The zero-order valence-corrected chi connectivity index (χ0v) is 13.0. The molecule has 1 aromatic heterocycles. The van der Waals surface area contributed by atoms with Gasteiger partial charge >= 0.3 is 0 Å². The van der Waals surface area contributed by atoms with Gasteiger partial charge in [0, 0.05) is 25.0 Å². The third kappa shape index (κ3) is 4.06. The molecule has 0 spiro atoms. The van der Waals surface area contributed by atoms with Gasteiger partial charge in [-0.2, -0.15) is 5.26 Å². The van der Waals surface area contributed by atoms with E-state index in [9.17, 15) is 10.1 Å². The summed E-state index contributed by atoms with van der Waals surface area (Å²) in [6.45, 7) is 6.72. The molecule has 2 atom stereocenters. The van der Waals surface area contributed by atoms with Crippen molar-refractivity contribution in [3.8, 4) is 6.07 Å². The standard InChI is InChI=1S/C16H20N4O2/c1-11-4-5-15(8-18-11)19-7-14(6-17)16(21)20-9-12(2)22-13(3)10-20/h4-5,7-8,12-13,19H,9-10H2,1-3H3/b14-7-. The van der Waals surface area contributed by atoms with Gasteiger partial charge in [-0.25, -0.2) is 0 Å². The lowest BCUT2D eigenvalue weighted by atomic mass is 10.2. The van der Waals surface area contributed by atoms with Gasteiger partial charge in [-0.3, -0.25) is 9.78 Å². The van der Waals surface area contributed by atoms with Gasteiger partial charge in [-0.1, -0.05) is 0 Å². The molecule has 2 unspecified atom stereocenters. The van der Waals surface area contributed by atoms with Crippen LogP contribution >= 0.6 is 0 Å². The third-order valence-electron chi connectivity index (χ3n) is 3.35. The Morgan fingerprint density at radius 1 is 1.45 bits per heavy atom. The number of nitrogens with zero attached hydrogens (tertiary/aromatic N) is 3. The third-order valence-corrected chi connectivity index (χ3v) is 3.35. The highest BCUT2D eigenvalue weighted by Crippen LogP contribution is 2.14. The minimum Gasteiger partial charge on any atom is -0.372 e. The van der Waals surface area contributed by atoms with E-state index in [1.807, 2.05) is 39.0 Å². The van der Waals surface area contributed by atoms with E-state index in [1.165, 1.54) is 6.20 Å². The molecule has 116 valence electrons. The first-order valence-corrected chi connectivity index (χ1v) is 7.23. The van der Waals surface area contributed by atoms with Gasteiger partial charge in [0.1, 0.15) is 11.6 Å². The molecule has 1 amide bonds. The summed E-state index contributed by atoms with van der Waals surface area (Å²) in [6, 6.07) is 5.66. The molecule has 1 aliphatic rings.